The van der Waals surface area contributed by atoms with Crippen LogP contribution in [0.15, 0.2) is 23.1 Å². The highest BCUT2D eigenvalue weighted by Gasteiger charge is 2.08. The molecule has 0 unspecified atom stereocenters. The molecule has 0 aliphatic carbocycles. The third-order valence-electron chi connectivity index (χ3n) is 1.71. The van der Waals surface area contributed by atoms with Crippen molar-refractivity contribution >= 4 is 17.7 Å². The van der Waals surface area contributed by atoms with Crippen molar-refractivity contribution in [2.75, 3.05) is 12.4 Å². The standard InChI is InChI=1S/C11H10FNO2S/c1-2-15-11(14)7-16-10-4-3-9(12)5-8(10)6-13/h3-5H,2,7H2,1H3. The van der Waals surface area contributed by atoms with Gasteiger partial charge in [-0.1, -0.05) is 0 Å². The Bertz CT molecular complexity index is 428. The molecule has 0 N–H and O–H groups in total. The first kappa shape index (κ1) is 12.5. The number of benzene rings is 1. The maximum absolute atomic E-state index is 12.8. The second-order valence-corrected chi connectivity index (χ2v) is 3.86. The quantitative estimate of drug-likeness (QED) is 0.597. The van der Waals surface area contributed by atoms with Gasteiger partial charge >= 0.3 is 5.97 Å². The number of thioether (sulfide) groups is 1. The number of nitrogens with zero attached hydrogens (tertiary/aromatic N) is 1. The van der Waals surface area contributed by atoms with Crippen molar-refractivity contribution in [2.45, 2.75) is 11.8 Å². The second-order valence-electron chi connectivity index (χ2n) is 2.85. The van der Waals surface area contributed by atoms with E-state index >= 15 is 0 Å². The number of carbonyl (C=O) groups is 1. The SMILES string of the molecule is CCOC(=O)CSc1ccc(F)cc1C#N. The molecule has 0 spiro atoms. The van der Waals surface area contributed by atoms with Crippen LogP contribution >= 0.6 is 11.8 Å². The van der Waals surface area contributed by atoms with Gasteiger partial charge in [0.15, 0.2) is 0 Å². The van der Waals surface area contributed by atoms with E-state index in [0.717, 1.165) is 17.8 Å². The van der Waals surface area contributed by atoms with E-state index in [9.17, 15) is 9.18 Å². The number of halogens is 1. The predicted octanol–water partition coefficient (Wildman–Crippen LogP) is 2.35. The topological polar surface area (TPSA) is 50.1 Å². The van der Waals surface area contributed by atoms with E-state index in [0.29, 0.717) is 11.5 Å². The lowest BCUT2D eigenvalue weighted by Crippen LogP contribution is -2.06. The zero-order valence-corrected chi connectivity index (χ0v) is 9.51. The molecule has 0 atom stereocenters. The second kappa shape index (κ2) is 6.13. The minimum absolute atomic E-state index is 0.119. The Morgan fingerprint density at radius 2 is 2.38 bits per heavy atom. The first-order chi connectivity index (χ1) is 7.67. The molecule has 0 radical (unpaired) electrons. The Balaban J connectivity index is 2.67. The summed E-state index contributed by atoms with van der Waals surface area (Å²) in [7, 11) is 0. The van der Waals surface area contributed by atoms with Gasteiger partial charge in [0.05, 0.1) is 17.9 Å². The zero-order valence-electron chi connectivity index (χ0n) is 8.70. The van der Waals surface area contributed by atoms with Crippen LogP contribution in [-0.2, 0) is 9.53 Å². The van der Waals surface area contributed by atoms with Crippen LogP contribution in [0.3, 0.4) is 0 Å². The molecule has 5 heteroatoms. The van der Waals surface area contributed by atoms with Crippen LogP contribution in [0.4, 0.5) is 4.39 Å². The number of ether oxygens (including phenoxy) is 1. The summed E-state index contributed by atoms with van der Waals surface area (Å²) in [5, 5.41) is 8.77. The van der Waals surface area contributed by atoms with Crippen molar-refractivity contribution in [3.8, 4) is 6.07 Å². The minimum Gasteiger partial charge on any atom is -0.465 e. The van der Waals surface area contributed by atoms with Crippen LogP contribution in [0.1, 0.15) is 12.5 Å². The molecule has 1 rings (SSSR count). The largest absolute Gasteiger partial charge is 0.465 e. The highest BCUT2D eigenvalue weighted by molar-refractivity contribution is 8.00. The number of hydrogen-bond donors (Lipinski definition) is 0. The van der Waals surface area contributed by atoms with E-state index in [1.54, 1.807) is 6.92 Å². The molecule has 1 aromatic rings. The fourth-order valence-corrected chi connectivity index (χ4v) is 1.84. The van der Waals surface area contributed by atoms with Crippen molar-refractivity contribution in [3.63, 3.8) is 0 Å². The summed E-state index contributed by atoms with van der Waals surface area (Å²) < 4.78 is 17.5. The molecule has 0 heterocycles. The van der Waals surface area contributed by atoms with E-state index < -0.39 is 5.82 Å². The molecule has 0 bridgehead atoms. The number of rotatable bonds is 4. The number of hydrogen-bond acceptors (Lipinski definition) is 4. The molecular formula is C11H10FNO2S. The first-order valence-electron chi connectivity index (χ1n) is 4.65. The van der Waals surface area contributed by atoms with Gasteiger partial charge in [-0.25, -0.2) is 4.39 Å². The van der Waals surface area contributed by atoms with Crippen LogP contribution in [0.5, 0.6) is 0 Å². The normalized spacial score (nSPS) is 9.56. The Morgan fingerprint density at radius 3 is 3.00 bits per heavy atom. The lowest BCUT2D eigenvalue weighted by Gasteiger charge is -2.03. The van der Waals surface area contributed by atoms with E-state index in [-0.39, 0.29) is 17.3 Å². The molecule has 84 valence electrons. The number of esters is 1. The summed E-state index contributed by atoms with van der Waals surface area (Å²) in [4.78, 5) is 11.7. The van der Waals surface area contributed by atoms with Gasteiger partial charge in [0.2, 0.25) is 0 Å². The van der Waals surface area contributed by atoms with E-state index in [4.69, 9.17) is 10.00 Å². The Kier molecular flexibility index (Phi) is 4.80. The third-order valence-corrected chi connectivity index (χ3v) is 2.76. The van der Waals surface area contributed by atoms with Gasteiger partial charge in [0.25, 0.3) is 0 Å². The van der Waals surface area contributed by atoms with Crippen LogP contribution in [0.2, 0.25) is 0 Å². The van der Waals surface area contributed by atoms with Gasteiger partial charge in [-0.3, -0.25) is 4.79 Å². The smallest absolute Gasteiger partial charge is 0.316 e. The lowest BCUT2D eigenvalue weighted by molar-refractivity contribution is -0.139. The maximum Gasteiger partial charge on any atom is 0.316 e. The predicted molar refractivity (Wildman–Crippen MR) is 58.5 cm³/mol. The zero-order chi connectivity index (χ0) is 12.0. The Morgan fingerprint density at radius 1 is 1.62 bits per heavy atom. The van der Waals surface area contributed by atoms with Gasteiger partial charge < -0.3 is 4.74 Å². The fraction of sp³-hybridized carbons (Fsp3) is 0.273. The lowest BCUT2D eigenvalue weighted by atomic mass is 10.2. The number of carbonyl (C=O) groups excluding carboxylic acids is 1. The highest BCUT2D eigenvalue weighted by atomic mass is 32.2. The van der Waals surface area contributed by atoms with Crippen LogP contribution in [0.25, 0.3) is 0 Å². The molecule has 0 aromatic heterocycles. The van der Waals surface area contributed by atoms with Crippen molar-refractivity contribution in [3.05, 3.63) is 29.6 Å². The average Bonchev–Trinajstić information content (AvgIpc) is 2.27. The van der Waals surface area contributed by atoms with E-state index in [1.807, 2.05) is 6.07 Å². The maximum atomic E-state index is 12.8. The summed E-state index contributed by atoms with van der Waals surface area (Å²) in [5.41, 5.74) is 0.231. The van der Waals surface area contributed by atoms with Crippen LogP contribution in [-0.4, -0.2) is 18.3 Å². The van der Waals surface area contributed by atoms with Crippen molar-refractivity contribution < 1.29 is 13.9 Å². The van der Waals surface area contributed by atoms with Gasteiger partial charge in [-0.2, -0.15) is 5.26 Å². The van der Waals surface area contributed by atoms with Gasteiger partial charge in [0.1, 0.15) is 11.9 Å². The van der Waals surface area contributed by atoms with Crippen molar-refractivity contribution in [1.29, 1.82) is 5.26 Å². The molecule has 0 fully saturated rings. The van der Waals surface area contributed by atoms with Crippen molar-refractivity contribution in [1.82, 2.24) is 0 Å². The average molecular weight is 239 g/mol. The molecule has 16 heavy (non-hydrogen) atoms. The fourth-order valence-electron chi connectivity index (χ4n) is 1.05. The Hall–Kier alpha value is -1.54. The molecule has 0 saturated carbocycles. The summed E-state index contributed by atoms with van der Waals surface area (Å²) >= 11 is 1.16. The molecule has 0 saturated heterocycles. The highest BCUT2D eigenvalue weighted by Crippen LogP contribution is 2.23. The Labute approximate surface area is 97.2 Å². The summed E-state index contributed by atoms with van der Waals surface area (Å²) in [6, 6.07) is 5.77. The van der Waals surface area contributed by atoms with Gasteiger partial charge in [-0.05, 0) is 25.1 Å². The summed E-state index contributed by atoms with van der Waals surface area (Å²) in [5.74, 6) is -0.688. The molecule has 0 aliphatic rings. The van der Waals surface area contributed by atoms with Crippen molar-refractivity contribution in [2.24, 2.45) is 0 Å². The van der Waals surface area contributed by atoms with E-state index in [2.05, 4.69) is 0 Å². The first-order valence-corrected chi connectivity index (χ1v) is 5.64. The molecule has 0 amide bonds. The van der Waals surface area contributed by atoms with Crippen LogP contribution in [0, 0.1) is 17.1 Å². The van der Waals surface area contributed by atoms with Gasteiger partial charge in [-0.15, -0.1) is 11.8 Å². The monoisotopic (exact) mass is 239 g/mol. The van der Waals surface area contributed by atoms with Gasteiger partial charge in [0, 0.05) is 4.90 Å². The summed E-state index contributed by atoms with van der Waals surface area (Å²) in [6.07, 6.45) is 0. The summed E-state index contributed by atoms with van der Waals surface area (Å²) in [6.45, 7) is 2.05. The third kappa shape index (κ3) is 3.55. The van der Waals surface area contributed by atoms with E-state index in [1.165, 1.54) is 12.1 Å². The molecular weight excluding hydrogens is 229 g/mol. The van der Waals surface area contributed by atoms with Crippen LogP contribution < -0.4 is 0 Å². The number of nitriles is 1. The molecule has 1 aromatic carbocycles. The molecule has 0 aliphatic heterocycles. The minimum atomic E-state index is -0.461. The molecule has 3 nitrogen and oxygen atoms in total.